The fraction of sp³-hybridized carbons (Fsp3) is 0.625. The Balaban J connectivity index is 2.63. The lowest BCUT2D eigenvalue weighted by atomic mass is 9.69. The molecule has 4 nitrogen and oxygen atoms in total. The Kier molecular flexibility index (Phi) is 5.22. The van der Waals surface area contributed by atoms with Gasteiger partial charge < -0.3 is 19.9 Å². The molecular formula is C16H24ClNO3. The number of hydrogen-bond acceptors (Lipinski definition) is 4. The van der Waals surface area contributed by atoms with Crippen molar-refractivity contribution in [3.05, 3.63) is 16.7 Å². The Morgan fingerprint density at radius 3 is 2.14 bits per heavy atom. The van der Waals surface area contributed by atoms with E-state index in [9.17, 15) is 0 Å². The lowest BCUT2D eigenvalue weighted by Gasteiger charge is -2.38. The van der Waals surface area contributed by atoms with E-state index < -0.39 is 0 Å². The van der Waals surface area contributed by atoms with E-state index in [-0.39, 0.29) is 5.41 Å². The highest BCUT2D eigenvalue weighted by molar-refractivity contribution is 6.34. The number of ether oxygens (including phenoxy) is 3. The molecule has 1 fully saturated rings. The Hall–Kier alpha value is -1.13. The second-order valence-electron chi connectivity index (χ2n) is 5.55. The summed E-state index contributed by atoms with van der Waals surface area (Å²) in [6.45, 7) is 0.579. The molecule has 5 heteroatoms. The summed E-state index contributed by atoms with van der Waals surface area (Å²) in [6, 6.07) is 1.97. The maximum atomic E-state index is 6.47. The molecule has 1 aliphatic rings. The van der Waals surface area contributed by atoms with Gasteiger partial charge in [-0.25, -0.2) is 0 Å². The van der Waals surface area contributed by atoms with Gasteiger partial charge in [0, 0.05) is 17.5 Å². The Morgan fingerprint density at radius 1 is 1.05 bits per heavy atom. The smallest absolute Gasteiger partial charge is 0.183 e. The molecule has 0 radical (unpaired) electrons. The largest absolute Gasteiger partial charge is 0.495 e. The fourth-order valence-corrected chi connectivity index (χ4v) is 3.69. The Morgan fingerprint density at radius 2 is 1.67 bits per heavy atom. The van der Waals surface area contributed by atoms with Gasteiger partial charge in [-0.05, 0) is 18.9 Å². The van der Waals surface area contributed by atoms with Crippen LogP contribution in [0.5, 0.6) is 17.2 Å². The summed E-state index contributed by atoms with van der Waals surface area (Å²) >= 11 is 6.47. The minimum absolute atomic E-state index is 0.0905. The van der Waals surface area contributed by atoms with Gasteiger partial charge in [0.15, 0.2) is 11.5 Å². The van der Waals surface area contributed by atoms with Crippen molar-refractivity contribution in [2.24, 2.45) is 5.73 Å². The Bertz CT molecular complexity index is 499. The molecule has 2 rings (SSSR count). The maximum absolute atomic E-state index is 6.47. The third-order valence-corrected chi connectivity index (χ3v) is 4.89. The first-order chi connectivity index (χ1) is 10.1. The van der Waals surface area contributed by atoms with Crippen molar-refractivity contribution in [2.75, 3.05) is 27.9 Å². The molecule has 0 aliphatic heterocycles. The van der Waals surface area contributed by atoms with Crippen LogP contribution in [-0.2, 0) is 5.41 Å². The molecule has 0 aromatic heterocycles. The van der Waals surface area contributed by atoms with Gasteiger partial charge in [0.25, 0.3) is 0 Å². The van der Waals surface area contributed by atoms with Gasteiger partial charge in [0.2, 0.25) is 0 Å². The van der Waals surface area contributed by atoms with Crippen molar-refractivity contribution < 1.29 is 14.2 Å². The van der Waals surface area contributed by atoms with Crippen molar-refractivity contribution in [1.82, 2.24) is 0 Å². The van der Waals surface area contributed by atoms with Crippen molar-refractivity contribution in [3.8, 4) is 17.2 Å². The van der Waals surface area contributed by atoms with Crippen molar-refractivity contribution in [1.29, 1.82) is 0 Å². The van der Waals surface area contributed by atoms with E-state index in [0.29, 0.717) is 28.8 Å². The van der Waals surface area contributed by atoms with E-state index in [4.69, 9.17) is 31.5 Å². The van der Waals surface area contributed by atoms with E-state index in [1.807, 2.05) is 6.07 Å². The molecule has 1 saturated carbocycles. The summed E-state index contributed by atoms with van der Waals surface area (Å²) in [7, 11) is 4.81. The normalized spacial score (nSPS) is 17.4. The van der Waals surface area contributed by atoms with Crippen LogP contribution in [0.15, 0.2) is 6.07 Å². The van der Waals surface area contributed by atoms with E-state index in [2.05, 4.69) is 0 Å². The highest BCUT2D eigenvalue weighted by atomic mass is 35.5. The minimum atomic E-state index is -0.0905. The third-order valence-electron chi connectivity index (χ3n) is 4.54. The molecular weight excluding hydrogens is 290 g/mol. The topological polar surface area (TPSA) is 53.7 Å². The molecule has 0 unspecified atom stereocenters. The third kappa shape index (κ3) is 2.79. The molecule has 21 heavy (non-hydrogen) atoms. The van der Waals surface area contributed by atoms with E-state index >= 15 is 0 Å². The van der Waals surface area contributed by atoms with Crippen LogP contribution >= 0.6 is 11.6 Å². The van der Waals surface area contributed by atoms with Gasteiger partial charge >= 0.3 is 0 Å². The molecule has 0 bridgehead atoms. The molecule has 1 aromatic carbocycles. The van der Waals surface area contributed by atoms with Crippen molar-refractivity contribution in [2.45, 2.75) is 37.5 Å². The molecule has 2 N–H and O–H groups in total. The maximum Gasteiger partial charge on any atom is 0.183 e. The van der Waals surface area contributed by atoms with Crippen LogP contribution in [0.3, 0.4) is 0 Å². The number of halogens is 1. The molecule has 1 aliphatic carbocycles. The van der Waals surface area contributed by atoms with Crippen molar-refractivity contribution in [3.63, 3.8) is 0 Å². The summed E-state index contributed by atoms with van der Waals surface area (Å²) in [5.41, 5.74) is 7.08. The first-order valence-electron chi connectivity index (χ1n) is 7.32. The summed E-state index contributed by atoms with van der Waals surface area (Å²) in [5.74, 6) is 1.78. The van der Waals surface area contributed by atoms with Gasteiger partial charge in [-0.1, -0.05) is 30.9 Å². The monoisotopic (exact) mass is 313 g/mol. The van der Waals surface area contributed by atoms with Crippen LogP contribution in [0, 0.1) is 0 Å². The van der Waals surface area contributed by atoms with Gasteiger partial charge in [-0.15, -0.1) is 0 Å². The fourth-order valence-electron chi connectivity index (χ4n) is 3.34. The predicted octanol–water partition coefficient (Wildman–Crippen LogP) is 3.53. The number of rotatable bonds is 5. The summed E-state index contributed by atoms with van der Waals surface area (Å²) < 4.78 is 16.4. The number of methoxy groups -OCH3 is 3. The first kappa shape index (κ1) is 16.2. The van der Waals surface area contributed by atoms with Crippen molar-refractivity contribution >= 4 is 11.6 Å². The van der Waals surface area contributed by atoms with Gasteiger partial charge in [-0.2, -0.15) is 0 Å². The zero-order valence-corrected chi connectivity index (χ0v) is 13.8. The lowest BCUT2D eigenvalue weighted by molar-refractivity contribution is 0.283. The standard InChI is InChI=1S/C16H24ClNO3/c1-19-12-9-11(14(20-2)13(17)15(12)21-3)16(10-18)7-5-4-6-8-16/h9H,4-8,10,18H2,1-3H3. The molecule has 0 atom stereocenters. The number of benzene rings is 1. The quantitative estimate of drug-likeness (QED) is 0.903. The summed E-state index contributed by atoms with van der Waals surface area (Å²) in [5, 5.41) is 0.452. The SMILES string of the molecule is COc1cc(C2(CN)CCCCC2)c(OC)c(Cl)c1OC. The lowest BCUT2D eigenvalue weighted by Crippen LogP contribution is -2.37. The van der Waals surface area contributed by atoms with Gasteiger partial charge in [0.1, 0.15) is 10.8 Å². The average molecular weight is 314 g/mol. The summed E-state index contributed by atoms with van der Waals surface area (Å²) in [4.78, 5) is 0. The molecule has 0 heterocycles. The zero-order valence-electron chi connectivity index (χ0n) is 13.0. The molecule has 0 spiro atoms. The number of nitrogens with two attached hydrogens (primary N) is 1. The van der Waals surface area contributed by atoms with Gasteiger partial charge in [0.05, 0.1) is 21.3 Å². The van der Waals surface area contributed by atoms with E-state index in [1.165, 1.54) is 19.3 Å². The molecule has 1 aromatic rings. The number of hydrogen-bond donors (Lipinski definition) is 1. The second-order valence-corrected chi connectivity index (χ2v) is 5.93. The minimum Gasteiger partial charge on any atom is -0.495 e. The highest BCUT2D eigenvalue weighted by Crippen LogP contribution is 2.51. The van der Waals surface area contributed by atoms with Gasteiger partial charge in [-0.3, -0.25) is 0 Å². The average Bonchev–Trinajstić information content (AvgIpc) is 2.54. The van der Waals surface area contributed by atoms with Crippen LogP contribution in [0.2, 0.25) is 5.02 Å². The summed E-state index contributed by atoms with van der Waals surface area (Å²) in [6.07, 6.45) is 5.70. The molecule has 0 amide bonds. The van der Waals surface area contributed by atoms with Crippen LogP contribution in [0.4, 0.5) is 0 Å². The zero-order chi connectivity index (χ0) is 15.5. The molecule has 118 valence electrons. The van der Waals surface area contributed by atoms with Crippen LogP contribution in [0.25, 0.3) is 0 Å². The van der Waals surface area contributed by atoms with Crippen LogP contribution in [-0.4, -0.2) is 27.9 Å². The molecule has 0 saturated heterocycles. The van der Waals surface area contributed by atoms with Crippen LogP contribution < -0.4 is 19.9 Å². The van der Waals surface area contributed by atoms with Crippen LogP contribution in [0.1, 0.15) is 37.7 Å². The predicted molar refractivity (Wildman–Crippen MR) is 84.9 cm³/mol. The first-order valence-corrected chi connectivity index (χ1v) is 7.70. The van der Waals surface area contributed by atoms with E-state index in [0.717, 1.165) is 18.4 Å². The second kappa shape index (κ2) is 6.75. The van der Waals surface area contributed by atoms with E-state index in [1.54, 1.807) is 21.3 Å². The highest BCUT2D eigenvalue weighted by Gasteiger charge is 2.37. The Labute approximate surface area is 131 Å².